The Bertz CT molecular complexity index is 914. The minimum Gasteiger partial charge on any atom is -0.339 e. The fraction of sp³-hybridized carbons (Fsp3) is 0.350. The first-order chi connectivity index (χ1) is 12.7. The maximum absolute atomic E-state index is 12.7. The van der Waals surface area contributed by atoms with Crippen LogP contribution in [0.3, 0.4) is 0 Å². The summed E-state index contributed by atoms with van der Waals surface area (Å²) >= 11 is 5.82. The van der Waals surface area contributed by atoms with Crippen molar-refractivity contribution in [2.45, 2.75) is 37.6 Å². The van der Waals surface area contributed by atoms with Crippen molar-refractivity contribution in [3.05, 3.63) is 64.2 Å². The van der Waals surface area contributed by atoms with Crippen LogP contribution in [0.2, 0.25) is 5.02 Å². The number of nitrogens with one attached hydrogen (secondary N) is 1. The summed E-state index contributed by atoms with van der Waals surface area (Å²) in [5.41, 5.74) is 2.81. The Morgan fingerprint density at radius 3 is 2.15 bits per heavy atom. The van der Waals surface area contributed by atoms with Gasteiger partial charge >= 0.3 is 0 Å². The summed E-state index contributed by atoms with van der Waals surface area (Å²) in [7, 11) is -3.59. The number of halogens is 1. The Hall–Kier alpha value is -1.89. The number of sulfonamides is 1. The molecular formula is C20H23ClN2O3S. The van der Waals surface area contributed by atoms with Crippen LogP contribution in [-0.4, -0.2) is 38.4 Å². The van der Waals surface area contributed by atoms with Crippen LogP contribution in [0.5, 0.6) is 0 Å². The highest BCUT2D eigenvalue weighted by atomic mass is 35.5. The first-order valence-electron chi connectivity index (χ1n) is 8.90. The largest absolute Gasteiger partial charge is 0.339 e. The number of hydrogen-bond acceptors (Lipinski definition) is 3. The van der Waals surface area contributed by atoms with E-state index in [2.05, 4.69) is 4.72 Å². The maximum atomic E-state index is 12.7. The number of piperidine rings is 1. The molecule has 2 aromatic rings. The highest BCUT2D eigenvalue weighted by Gasteiger charge is 2.27. The molecule has 1 aliphatic rings. The summed E-state index contributed by atoms with van der Waals surface area (Å²) in [4.78, 5) is 14.7. The first-order valence-corrected chi connectivity index (χ1v) is 10.8. The van der Waals surface area contributed by atoms with E-state index in [0.29, 0.717) is 36.5 Å². The second-order valence-electron chi connectivity index (χ2n) is 7.02. The summed E-state index contributed by atoms with van der Waals surface area (Å²) in [5.74, 6) is 0.000749. The van der Waals surface area contributed by atoms with Crippen LogP contribution in [-0.2, 0) is 10.0 Å². The molecule has 1 N–H and O–H groups in total. The van der Waals surface area contributed by atoms with Gasteiger partial charge in [-0.25, -0.2) is 13.1 Å². The summed E-state index contributed by atoms with van der Waals surface area (Å²) in [6.45, 7) is 5.00. The van der Waals surface area contributed by atoms with E-state index in [1.807, 2.05) is 32.0 Å². The number of likely N-dealkylation sites (tertiary alicyclic amines) is 1. The van der Waals surface area contributed by atoms with Gasteiger partial charge in [-0.2, -0.15) is 0 Å². The van der Waals surface area contributed by atoms with Gasteiger partial charge in [0.25, 0.3) is 5.91 Å². The van der Waals surface area contributed by atoms with Crippen molar-refractivity contribution in [1.82, 2.24) is 9.62 Å². The molecule has 0 atom stereocenters. The van der Waals surface area contributed by atoms with Gasteiger partial charge in [0.05, 0.1) is 4.90 Å². The number of benzene rings is 2. The second-order valence-corrected chi connectivity index (χ2v) is 9.17. The van der Waals surface area contributed by atoms with Crippen LogP contribution in [0, 0.1) is 13.8 Å². The van der Waals surface area contributed by atoms with Crippen molar-refractivity contribution in [3.8, 4) is 0 Å². The van der Waals surface area contributed by atoms with Crippen molar-refractivity contribution in [3.63, 3.8) is 0 Å². The Labute approximate surface area is 165 Å². The fourth-order valence-electron chi connectivity index (χ4n) is 3.38. The summed E-state index contributed by atoms with van der Waals surface area (Å²) in [5, 5.41) is 0.493. The normalized spacial score (nSPS) is 15.7. The third kappa shape index (κ3) is 4.89. The zero-order chi connectivity index (χ0) is 19.6. The van der Waals surface area contributed by atoms with Crippen LogP contribution in [0.15, 0.2) is 47.4 Å². The van der Waals surface area contributed by atoms with Gasteiger partial charge in [0.1, 0.15) is 0 Å². The van der Waals surface area contributed by atoms with Gasteiger partial charge in [-0.3, -0.25) is 4.79 Å². The molecule has 0 unspecified atom stereocenters. The number of carbonyl (C=O) groups excluding carboxylic acids is 1. The molecule has 144 valence electrons. The maximum Gasteiger partial charge on any atom is 0.253 e. The fourth-order valence-corrected chi connectivity index (χ4v) is 4.81. The van der Waals surface area contributed by atoms with Gasteiger partial charge in [-0.15, -0.1) is 0 Å². The lowest BCUT2D eigenvalue weighted by atomic mass is 10.0. The van der Waals surface area contributed by atoms with E-state index in [0.717, 1.165) is 11.1 Å². The molecule has 0 bridgehead atoms. The molecule has 0 aromatic heterocycles. The monoisotopic (exact) mass is 406 g/mol. The molecule has 7 heteroatoms. The molecule has 2 aromatic carbocycles. The number of aryl methyl sites for hydroxylation is 2. The topological polar surface area (TPSA) is 66.5 Å². The van der Waals surface area contributed by atoms with Gasteiger partial charge in [-0.05, 0) is 63.1 Å². The van der Waals surface area contributed by atoms with Gasteiger partial charge in [0.15, 0.2) is 0 Å². The highest BCUT2D eigenvalue weighted by molar-refractivity contribution is 7.89. The molecule has 1 amide bonds. The number of amides is 1. The predicted molar refractivity (Wildman–Crippen MR) is 107 cm³/mol. The molecule has 0 aliphatic carbocycles. The Kier molecular flexibility index (Phi) is 5.89. The van der Waals surface area contributed by atoms with Gasteiger partial charge in [-0.1, -0.05) is 28.8 Å². The highest BCUT2D eigenvalue weighted by Crippen LogP contribution is 2.19. The Balaban J connectivity index is 1.61. The average molecular weight is 407 g/mol. The average Bonchev–Trinajstić information content (AvgIpc) is 2.61. The van der Waals surface area contributed by atoms with Gasteiger partial charge < -0.3 is 4.90 Å². The summed E-state index contributed by atoms with van der Waals surface area (Å²) in [6, 6.07) is 11.7. The number of carbonyl (C=O) groups is 1. The minimum absolute atomic E-state index is 0.000749. The Morgan fingerprint density at radius 2 is 1.59 bits per heavy atom. The van der Waals surface area contributed by atoms with Crippen molar-refractivity contribution in [2.24, 2.45) is 0 Å². The predicted octanol–water partition coefficient (Wildman–Crippen LogP) is 3.54. The molecule has 27 heavy (non-hydrogen) atoms. The molecule has 0 spiro atoms. The number of nitrogens with zero attached hydrogens (tertiary/aromatic N) is 1. The van der Waals surface area contributed by atoms with E-state index in [9.17, 15) is 13.2 Å². The molecule has 0 saturated carbocycles. The number of hydrogen-bond donors (Lipinski definition) is 1. The lowest BCUT2D eigenvalue weighted by Gasteiger charge is -2.32. The van der Waals surface area contributed by atoms with E-state index < -0.39 is 10.0 Å². The van der Waals surface area contributed by atoms with E-state index in [1.54, 1.807) is 17.0 Å². The van der Waals surface area contributed by atoms with Crippen LogP contribution in [0.25, 0.3) is 0 Å². The molecular weight excluding hydrogens is 384 g/mol. The minimum atomic E-state index is -3.59. The van der Waals surface area contributed by atoms with Crippen LogP contribution in [0.1, 0.15) is 34.3 Å². The third-order valence-electron chi connectivity index (χ3n) is 4.70. The van der Waals surface area contributed by atoms with Gasteiger partial charge in [0, 0.05) is 29.7 Å². The zero-order valence-electron chi connectivity index (χ0n) is 15.4. The number of rotatable bonds is 4. The van der Waals surface area contributed by atoms with E-state index in [1.165, 1.54) is 12.1 Å². The molecule has 1 fully saturated rings. The lowest BCUT2D eigenvalue weighted by Crippen LogP contribution is -2.46. The smallest absolute Gasteiger partial charge is 0.253 e. The standard InChI is InChI=1S/C20H23ClN2O3S/c1-14-11-15(2)13-16(12-14)20(24)23-9-7-18(8-10-23)22-27(25,26)19-5-3-17(21)4-6-19/h3-6,11-13,18,22H,7-10H2,1-2H3. The first kappa shape index (κ1) is 19.9. The van der Waals surface area contributed by atoms with Crippen LogP contribution >= 0.6 is 11.6 Å². The van der Waals surface area contributed by atoms with E-state index in [4.69, 9.17) is 11.6 Å². The summed E-state index contributed by atoms with van der Waals surface area (Å²) < 4.78 is 27.7. The molecule has 3 rings (SSSR count). The summed E-state index contributed by atoms with van der Waals surface area (Å²) in [6.07, 6.45) is 1.17. The third-order valence-corrected chi connectivity index (χ3v) is 6.48. The van der Waals surface area contributed by atoms with Crippen LogP contribution < -0.4 is 4.72 Å². The van der Waals surface area contributed by atoms with E-state index in [-0.39, 0.29) is 16.8 Å². The molecule has 0 radical (unpaired) electrons. The van der Waals surface area contributed by atoms with Crippen molar-refractivity contribution < 1.29 is 13.2 Å². The van der Waals surface area contributed by atoms with E-state index >= 15 is 0 Å². The molecule has 5 nitrogen and oxygen atoms in total. The quantitative estimate of drug-likeness (QED) is 0.844. The molecule has 1 aliphatic heterocycles. The van der Waals surface area contributed by atoms with Crippen molar-refractivity contribution in [2.75, 3.05) is 13.1 Å². The van der Waals surface area contributed by atoms with Crippen molar-refractivity contribution >= 4 is 27.5 Å². The van der Waals surface area contributed by atoms with Crippen molar-refractivity contribution in [1.29, 1.82) is 0 Å². The Morgan fingerprint density at radius 1 is 1.04 bits per heavy atom. The van der Waals surface area contributed by atoms with Gasteiger partial charge in [0.2, 0.25) is 10.0 Å². The molecule has 1 saturated heterocycles. The van der Waals surface area contributed by atoms with Crippen LogP contribution in [0.4, 0.5) is 0 Å². The lowest BCUT2D eigenvalue weighted by molar-refractivity contribution is 0.0711. The molecule has 1 heterocycles. The zero-order valence-corrected chi connectivity index (χ0v) is 17.0. The SMILES string of the molecule is Cc1cc(C)cc(C(=O)N2CCC(NS(=O)(=O)c3ccc(Cl)cc3)CC2)c1. The second kappa shape index (κ2) is 8.00.